The van der Waals surface area contributed by atoms with E-state index in [1.165, 1.54) is 18.2 Å². The highest BCUT2D eigenvalue weighted by Crippen LogP contribution is 2.24. The predicted molar refractivity (Wildman–Crippen MR) is 74.4 cm³/mol. The quantitative estimate of drug-likeness (QED) is 0.840. The Kier molecular flexibility index (Phi) is 4.57. The van der Waals surface area contributed by atoms with Gasteiger partial charge < -0.3 is 10.1 Å². The highest BCUT2D eigenvalue weighted by atomic mass is 35.5. The summed E-state index contributed by atoms with van der Waals surface area (Å²) in [7, 11) is 0. The molecule has 0 amide bonds. The lowest BCUT2D eigenvalue weighted by Gasteiger charge is -2.11. The molecular weight excluding hydrogens is 305 g/mol. The maximum atomic E-state index is 12.2. The van der Waals surface area contributed by atoms with Crippen LogP contribution in [-0.4, -0.2) is 11.3 Å². The molecule has 0 unspecified atom stereocenters. The summed E-state index contributed by atoms with van der Waals surface area (Å²) in [5.74, 6) is -0.254. The second kappa shape index (κ2) is 6.22. The molecular formula is C14H12ClF3N2O. The monoisotopic (exact) mass is 316 g/mol. The van der Waals surface area contributed by atoms with Crippen LogP contribution in [0.5, 0.6) is 5.75 Å². The van der Waals surface area contributed by atoms with E-state index in [-0.39, 0.29) is 5.75 Å². The van der Waals surface area contributed by atoms with Crippen LogP contribution in [0.1, 0.15) is 11.1 Å². The van der Waals surface area contributed by atoms with Crippen molar-refractivity contribution >= 4 is 17.3 Å². The fraction of sp³-hybridized carbons (Fsp3) is 0.214. The van der Waals surface area contributed by atoms with Crippen molar-refractivity contribution in [2.24, 2.45) is 0 Å². The molecule has 1 aromatic carbocycles. The van der Waals surface area contributed by atoms with Crippen LogP contribution < -0.4 is 10.1 Å². The Morgan fingerprint density at radius 3 is 2.76 bits per heavy atom. The first-order valence-electron chi connectivity index (χ1n) is 6.04. The van der Waals surface area contributed by atoms with Gasteiger partial charge in [-0.25, -0.2) is 4.98 Å². The molecule has 0 atom stereocenters. The Hall–Kier alpha value is -1.95. The molecule has 2 aromatic rings. The van der Waals surface area contributed by atoms with Crippen LogP contribution in [-0.2, 0) is 6.54 Å². The van der Waals surface area contributed by atoms with Crippen molar-refractivity contribution in [2.45, 2.75) is 19.8 Å². The van der Waals surface area contributed by atoms with Gasteiger partial charge in [0.1, 0.15) is 5.75 Å². The number of aryl methyl sites for hydroxylation is 1. The number of hydrogen-bond acceptors (Lipinski definition) is 3. The number of pyridine rings is 1. The van der Waals surface area contributed by atoms with E-state index in [0.717, 1.165) is 5.56 Å². The smallest absolute Gasteiger partial charge is 0.406 e. The summed E-state index contributed by atoms with van der Waals surface area (Å²) >= 11 is 5.93. The maximum absolute atomic E-state index is 12.2. The van der Waals surface area contributed by atoms with Gasteiger partial charge in [-0.1, -0.05) is 23.7 Å². The Morgan fingerprint density at radius 2 is 2.05 bits per heavy atom. The summed E-state index contributed by atoms with van der Waals surface area (Å²) in [5, 5.41) is 3.34. The van der Waals surface area contributed by atoms with Crippen molar-refractivity contribution in [3.05, 3.63) is 52.8 Å². The largest absolute Gasteiger partial charge is 0.573 e. The molecule has 3 nitrogen and oxygen atoms in total. The summed E-state index contributed by atoms with van der Waals surface area (Å²) < 4.78 is 40.3. The van der Waals surface area contributed by atoms with Gasteiger partial charge in [0.2, 0.25) is 0 Å². The van der Waals surface area contributed by atoms with E-state index in [0.29, 0.717) is 22.9 Å². The molecule has 0 aliphatic rings. The number of anilines is 1. The van der Waals surface area contributed by atoms with Crippen molar-refractivity contribution < 1.29 is 17.9 Å². The van der Waals surface area contributed by atoms with Crippen LogP contribution in [0, 0.1) is 6.92 Å². The van der Waals surface area contributed by atoms with Crippen LogP contribution in [0.3, 0.4) is 0 Å². The lowest BCUT2D eigenvalue weighted by atomic mass is 10.2. The normalized spacial score (nSPS) is 11.3. The van der Waals surface area contributed by atoms with Crippen molar-refractivity contribution in [3.8, 4) is 5.75 Å². The molecule has 0 saturated carbocycles. The minimum absolute atomic E-state index is 0.254. The van der Waals surface area contributed by atoms with Gasteiger partial charge in [0.25, 0.3) is 0 Å². The Bertz CT molecular complexity index is 632. The topological polar surface area (TPSA) is 34.2 Å². The lowest BCUT2D eigenvalue weighted by Crippen LogP contribution is -2.17. The number of aromatic nitrogens is 1. The lowest BCUT2D eigenvalue weighted by molar-refractivity contribution is -0.274. The molecule has 0 spiro atoms. The Morgan fingerprint density at radius 1 is 1.29 bits per heavy atom. The fourth-order valence-electron chi connectivity index (χ4n) is 1.73. The van der Waals surface area contributed by atoms with Crippen molar-refractivity contribution in [1.29, 1.82) is 0 Å². The van der Waals surface area contributed by atoms with E-state index in [1.54, 1.807) is 12.3 Å². The van der Waals surface area contributed by atoms with Crippen LogP contribution in [0.4, 0.5) is 18.9 Å². The summed E-state index contributed by atoms with van der Waals surface area (Å²) in [6.45, 7) is 2.17. The van der Waals surface area contributed by atoms with Crippen LogP contribution in [0.2, 0.25) is 5.15 Å². The fourth-order valence-corrected chi connectivity index (χ4v) is 1.90. The number of nitrogens with one attached hydrogen (secondary N) is 1. The van der Waals surface area contributed by atoms with Gasteiger partial charge in [0, 0.05) is 12.7 Å². The van der Waals surface area contributed by atoms with Gasteiger partial charge in [-0.3, -0.25) is 0 Å². The van der Waals surface area contributed by atoms with Crippen LogP contribution in [0.15, 0.2) is 36.5 Å². The maximum Gasteiger partial charge on any atom is 0.573 e. The number of alkyl halides is 3. The first-order chi connectivity index (χ1) is 9.83. The third-order valence-electron chi connectivity index (χ3n) is 2.59. The van der Waals surface area contributed by atoms with Crippen LogP contribution in [0.25, 0.3) is 0 Å². The molecule has 2 rings (SSSR count). The van der Waals surface area contributed by atoms with Gasteiger partial charge in [0.05, 0.1) is 5.69 Å². The average molecular weight is 317 g/mol. The molecule has 1 aromatic heterocycles. The molecule has 0 aliphatic carbocycles. The standard InChI is InChI=1S/C14H12ClF3N2O/c1-9-5-12(13(15)20-7-9)19-8-10-3-2-4-11(6-10)21-14(16,17)18/h2-7,19H,8H2,1H3. The molecule has 1 N–H and O–H groups in total. The first kappa shape index (κ1) is 15.4. The van der Waals surface area contributed by atoms with Gasteiger partial charge in [-0.2, -0.15) is 0 Å². The minimum atomic E-state index is -4.70. The highest BCUT2D eigenvalue weighted by Gasteiger charge is 2.31. The molecule has 21 heavy (non-hydrogen) atoms. The Labute approximate surface area is 124 Å². The third-order valence-corrected chi connectivity index (χ3v) is 2.89. The predicted octanol–water partition coefficient (Wildman–Crippen LogP) is 4.55. The minimum Gasteiger partial charge on any atom is -0.406 e. The van der Waals surface area contributed by atoms with Gasteiger partial charge in [-0.15, -0.1) is 13.2 Å². The van der Waals surface area contributed by atoms with Gasteiger partial charge >= 0.3 is 6.36 Å². The summed E-state index contributed by atoms with van der Waals surface area (Å²) in [5.41, 5.74) is 2.18. The average Bonchev–Trinajstić information content (AvgIpc) is 2.38. The first-order valence-corrected chi connectivity index (χ1v) is 6.42. The summed E-state index contributed by atoms with van der Waals surface area (Å²) in [6, 6.07) is 7.56. The Balaban J connectivity index is 2.06. The van der Waals surface area contributed by atoms with Crippen LogP contribution >= 0.6 is 11.6 Å². The van der Waals surface area contributed by atoms with E-state index in [1.807, 2.05) is 13.0 Å². The molecule has 0 radical (unpaired) electrons. The number of ether oxygens (including phenoxy) is 1. The molecule has 0 saturated heterocycles. The third kappa shape index (κ3) is 4.82. The van der Waals surface area contributed by atoms with E-state index in [4.69, 9.17) is 11.6 Å². The van der Waals surface area contributed by atoms with Crippen molar-refractivity contribution in [3.63, 3.8) is 0 Å². The second-order valence-electron chi connectivity index (χ2n) is 4.40. The summed E-state index contributed by atoms with van der Waals surface area (Å²) in [4.78, 5) is 3.99. The number of rotatable bonds is 4. The number of nitrogens with zero attached hydrogens (tertiary/aromatic N) is 1. The van der Waals surface area contributed by atoms with Gasteiger partial charge in [-0.05, 0) is 36.2 Å². The molecule has 112 valence electrons. The zero-order chi connectivity index (χ0) is 15.5. The SMILES string of the molecule is Cc1cnc(Cl)c(NCc2cccc(OC(F)(F)F)c2)c1. The molecule has 0 fully saturated rings. The number of halogens is 4. The summed E-state index contributed by atoms with van der Waals surface area (Å²) in [6.07, 6.45) is -3.07. The number of benzene rings is 1. The molecule has 0 bridgehead atoms. The highest BCUT2D eigenvalue weighted by molar-refractivity contribution is 6.31. The molecule has 7 heteroatoms. The zero-order valence-electron chi connectivity index (χ0n) is 11.0. The van der Waals surface area contributed by atoms with E-state index < -0.39 is 6.36 Å². The second-order valence-corrected chi connectivity index (χ2v) is 4.76. The van der Waals surface area contributed by atoms with E-state index >= 15 is 0 Å². The van der Waals surface area contributed by atoms with Crippen molar-refractivity contribution in [2.75, 3.05) is 5.32 Å². The number of hydrogen-bond donors (Lipinski definition) is 1. The van der Waals surface area contributed by atoms with E-state index in [2.05, 4.69) is 15.0 Å². The van der Waals surface area contributed by atoms with E-state index in [9.17, 15) is 13.2 Å². The van der Waals surface area contributed by atoms with Gasteiger partial charge in [0.15, 0.2) is 5.15 Å². The molecule has 0 aliphatic heterocycles. The van der Waals surface area contributed by atoms with Crippen molar-refractivity contribution in [1.82, 2.24) is 4.98 Å². The zero-order valence-corrected chi connectivity index (χ0v) is 11.8. The molecule has 1 heterocycles.